The van der Waals surface area contributed by atoms with Gasteiger partial charge in [-0.2, -0.15) is 0 Å². The second-order valence-electron chi connectivity index (χ2n) is 2.47. The summed E-state index contributed by atoms with van der Waals surface area (Å²) in [7, 11) is 0. The van der Waals surface area contributed by atoms with Crippen molar-refractivity contribution in [3.63, 3.8) is 0 Å². The molecule has 0 bridgehead atoms. The summed E-state index contributed by atoms with van der Waals surface area (Å²) in [6, 6.07) is 2.01. The van der Waals surface area contributed by atoms with Gasteiger partial charge in [-0.05, 0) is 18.4 Å². The second kappa shape index (κ2) is 5.11. The maximum absolute atomic E-state index is 10.6. The van der Waals surface area contributed by atoms with Crippen LogP contribution in [0.25, 0.3) is 0 Å². The number of thiophene rings is 1. The van der Waals surface area contributed by atoms with Crippen molar-refractivity contribution in [1.82, 2.24) is 0 Å². The molecule has 3 heteroatoms. The summed E-state index contributed by atoms with van der Waals surface area (Å²) >= 11 is 2.94. The van der Waals surface area contributed by atoms with Crippen LogP contribution in [0.5, 0.6) is 0 Å². The molecule has 0 aliphatic heterocycles. The van der Waals surface area contributed by atoms with E-state index < -0.39 is 0 Å². The molecule has 0 atom stereocenters. The van der Waals surface area contributed by atoms with Gasteiger partial charge >= 0.3 is 0 Å². The van der Waals surface area contributed by atoms with Crippen LogP contribution in [0.15, 0.2) is 11.4 Å². The highest BCUT2D eigenvalue weighted by molar-refractivity contribution is 8.13. The molecule has 0 spiro atoms. The average Bonchev–Trinajstić information content (AvgIpc) is 2.45. The number of carbonyl (C=O) groups is 1. The normalized spacial score (nSPS) is 9.08. The van der Waals surface area contributed by atoms with Crippen LogP contribution in [0.3, 0.4) is 0 Å². The Labute approximate surface area is 86.5 Å². The van der Waals surface area contributed by atoms with E-state index in [-0.39, 0.29) is 5.12 Å². The standard InChI is InChI=1S/C10H10OS2/c1-8-10(5-7-12-8)4-3-6-13-9(2)11/h5,7H,6H2,1-2H3. The first-order valence-corrected chi connectivity index (χ1v) is 5.73. The molecular formula is C10H10OS2. The minimum Gasteiger partial charge on any atom is -0.288 e. The molecule has 1 aromatic rings. The van der Waals surface area contributed by atoms with Crippen molar-refractivity contribution in [2.24, 2.45) is 0 Å². The third-order valence-corrected chi connectivity index (χ3v) is 2.97. The lowest BCUT2D eigenvalue weighted by molar-refractivity contribution is -0.109. The molecule has 0 aliphatic carbocycles. The van der Waals surface area contributed by atoms with Gasteiger partial charge in [0.1, 0.15) is 0 Å². The Balaban J connectivity index is 2.49. The minimum atomic E-state index is 0.122. The Bertz CT molecular complexity index is 354. The topological polar surface area (TPSA) is 17.1 Å². The minimum absolute atomic E-state index is 0.122. The van der Waals surface area contributed by atoms with E-state index in [1.54, 1.807) is 18.3 Å². The van der Waals surface area contributed by atoms with E-state index in [4.69, 9.17) is 0 Å². The van der Waals surface area contributed by atoms with Crippen LogP contribution in [0, 0.1) is 18.8 Å². The van der Waals surface area contributed by atoms with Gasteiger partial charge in [0.15, 0.2) is 5.12 Å². The predicted octanol–water partition coefficient (Wildman–Crippen LogP) is 2.69. The van der Waals surface area contributed by atoms with Crippen molar-refractivity contribution in [2.45, 2.75) is 13.8 Å². The molecule has 0 N–H and O–H groups in total. The highest BCUT2D eigenvalue weighted by Crippen LogP contribution is 2.13. The fourth-order valence-electron chi connectivity index (χ4n) is 0.784. The monoisotopic (exact) mass is 210 g/mol. The number of carbonyl (C=O) groups excluding carboxylic acids is 1. The molecule has 0 saturated heterocycles. The van der Waals surface area contributed by atoms with Crippen LogP contribution < -0.4 is 0 Å². The summed E-state index contributed by atoms with van der Waals surface area (Å²) in [6.07, 6.45) is 0. The molecule has 1 rings (SSSR count). The zero-order chi connectivity index (χ0) is 9.68. The molecule has 13 heavy (non-hydrogen) atoms. The average molecular weight is 210 g/mol. The zero-order valence-electron chi connectivity index (χ0n) is 7.59. The Morgan fingerprint density at radius 3 is 3.00 bits per heavy atom. The van der Waals surface area contributed by atoms with Crippen molar-refractivity contribution >= 4 is 28.2 Å². The smallest absolute Gasteiger partial charge is 0.186 e. The molecule has 0 amide bonds. The molecule has 0 unspecified atom stereocenters. The van der Waals surface area contributed by atoms with Crippen LogP contribution in [-0.2, 0) is 4.79 Å². The van der Waals surface area contributed by atoms with Crippen LogP contribution >= 0.6 is 23.1 Å². The summed E-state index contributed by atoms with van der Waals surface area (Å²) in [5, 5.41) is 2.15. The van der Waals surface area contributed by atoms with Gasteiger partial charge in [-0.15, -0.1) is 11.3 Å². The molecule has 0 aliphatic rings. The Hall–Kier alpha value is -0.720. The fraction of sp³-hybridized carbons (Fsp3) is 0.300. The van der Waals surface area contributed by atoms with E-state index in [1.807, 2.05) is 18.4 Å². The molecule has 1 heterocycles. The van der Waals surface area contributed by atoms with Crippen molar-refractivity contribution in [1.29, 1.82) is 0 Å². The summed E-state index contributed by atoms with van der Waals surface area (Å²) < 4.78 is 0. The molecule has 0 radical (unpaired) electrons. The second-order valence-corrected chi connectivity index (χ2v) is 4.75. The van der Waals surface area contributed by atoms with Gasteiger partial charge in [-0.1, -0.05) is 23.6 Å². The summed E-state index contributed by atoms with van der Waals surface area (Å²) in [6.45, 7) is 3.61. The van der Waals surface area contributed by atoms with E-state index >= 15 is 0 Å². The van der Waals surface area contributed by atoms with Crippen molar-refractivity contribution < 1.29 is 4.79 Å². The lowest BCUT2D eigenvalue weighted by Crippen LogP contribution is -1.82. The van der Waals surface area contributed by atoms with Gasteiger partial charge in [0.2, 0.25) is 0 Å². The third-order valence-electron chi connectivity index (χ3n) is 1.43. The van der Waals surface area contributed by atoms with Crippen LogP contribution in [0.1, 0.15) is 17.4 Å². The maximum atomic E-state index is 10.6. The molecule has 1 aromatic heterocycles. The first-order chi connectivity index (χ1) is 6.20. The van der Waals surface area contributed by atoms with E-state index in [0.29, 0.717) is 5.75 Å². The molecule has 0 aromatic carbocycles. The van der Waals surface area contributed by atoms with E-state index in [0.717, 1.165) is 5.56 Å². The van der Waals surface area contributed by atoms with Crippen molar-refractivity contribution in [3.05, 3.63) is 21.9 Å². The maximum Gasteiger partial charge on any atom is 0.186 e. The Morgan fingerprint density at radius 2 is 2.46 bits per heavy atom. The third kappa shape index (κ3) is 3.67. The van der Waals surface area contributed by atoms with Gasteiger partial charge in [0.05, 0.1) is 5.75 Å². The first kappa shape index (κ1) is 10.4. The van der Waals surface area contributed by atoms with Gasteiger partial charge in [-0.25, -0.2) is 0 Å². The van der Waals surface area contributed by atoms with E-state index in [1.165, 1.54) is 16.6 Å². The largest absolute Gasteiger partial charge is 0.288 e. The molecule has 68 valence electrons. The first-order valence-electron chi connectivity index (χ1n) is 3.86. The van der Waals surface area contributed by atoms with Crippen LogP contribution in [0.4, 0.5) is 0 Å². The highest BCUT2D eigenvalue weighted by atomic mass is 32.2. The summed E-state index contributed by atoms with van der Waals surface area (Å²) in [5.74, 6) is 6.58. The van der Waals surface area contributed by atoms with Gasteiger partial charge in [0.25, 0.3) is 0 Å². The summed E-state index contributed by atoms with van der Waals surface area (Å²) in [4.78, 5) is 11.8. The quantitative estimate of drug-likeness (QED) is 0.663. The number of thioether (sulfide) groups is 1. The van der Waals surface area contributed by atoms with Crippen molar-refractivity contribution in [2.75, 3.05) is 5.75 Å². The van der Waals surface area contributed by atoms with E-state index in [2.05, 4.69) is 11.8 Å². The van der Waals surface area contributed by atoms with Gasteiger partial charge in [-0.3, -0.25) is 4.79 Å². The van der Waals surface area contributed by atoms with Gasteiger partial charge < -0.3 is 0 Å². The van der Waals surface area contributed by atoms with Crippen LogP contribution in [0.2, 0.25) is 0 Å². The molecule has 0 fully saturated rings. The van der Waals surface area contributed by atoms with Crippen molar-refractivity contribution in [3.8, 4) is 11.8 Å². The molecule has 0 saturated carbocycles. The number of hydrogen-bond acceptors (Lipinski definition) is 3. The SMILES string of the molecule is CC(=O)SCC#Cc1ccsc1C. The lowest BCUT2D eigenvalue weighted by atomic mass is 10.3. The highest BCUT2D eigenvalue weighted by Gasteiger charge is 1.93. The Kier molecular flexibility index (Phi) is 4.07. The van der Waals surface area contributed by atoms with Gasteiger partial charge in [0, 0.05) is 17.4 Å². The molecule has 1 nitrogen and oxygen atoms in total. The van der Waals surface area contributed by atoms with E-state index in [9.17, 15) is 4.79 Å². The lowest BCUT2D eigenvalue weighted by Gasteiger charge is -1.85. The number of aryl methyl sites for hydroxylation is 1. The Morgan fingerprint density at radius 1 is 1.69 bits per heavy atom. The number of rotatable bonds is 1. The molecular weight excluding hydrogens is 200 g/mol. The number of hydrogen-bond donors (Lipinski definition) is 0. The predicted molar refractivity (Wildman–Crippen MR) is 59.1 cm³/mol. The summed E-state index contributed by atoms with van der Waals surface area (Å²) in [5.41, 5.74) is 1.08. The van der Waals surface area contributed by atoms with Crippen LogP contribution in [-0.4, -0.2) is 10.9 Å². The zero-order valence-corrected chi connectivity index (χ0v) is 9.22. The fourth-order valence-corrected chi connectivity index (χ4v) is 1.79.